The van der Waals surface area contributed by atoms with Gasteiger partial charge in [-0.25, -0.2) is 0 Å². The van der Waals surface area contributed by atoms with Crippen LogP contribution in [0.1, 0.15) is 19.4 Å². The van der Waals surface area contributed by atoms with Gasteiger partial charge in [0.2, 0.25) is 0 Å². The van der Waals surface area contributed by atoms with E-state index in [9.17, 15) is 4.21 Å². The molecule has 0 fully saturated rings. The molecule has 2 nitrogen and oxygen atoms in total. The number of halogens is 1. The van der Waals surface area contributed by atoms with Crippen LogP contribution < -0.4 is 0 Å². The maximum absolute atomic E-state index is 12.5. The third-order valence-electron chi connectivity index (χ3n) is 3.39. The highest BCUT2D eigenvalue weighted by Gasteiger charge is 2.13. The normalized spacial score (nSPS) is 13.8. The van der Waals surface area contributed by atoms with Crippen molar-refractivity contribution in [3.63, 3.8) is 0 Å². The molecule has 2 atom stereocenters. The van der Waals surface area contributed by atoms with Crippen LogP contribution in [0.5, 0.6) is 0 Å². The van der Waals surface area contributed by atoms with Gasteiger partial charge in [-0.2, -0.15) is 0 Å². The predicted molar refractivity (Wildman–Crippen MR) is 101 cm³/mol. The molecule has 1 aromatic heterocycles. The Balaban J connectivity index is 2.55. The number of hydrogen-bond donors (Lipinski definition) is 0. The molecule has 2 rings (SSSR count). The van der Waals surface area contributed by atoms with E-state index in [1.54, 1.807) is 0 Å². The summed E-state index contributed by atoms with van der Waals surface area (Å²) in [7, 11) is 0.846. The molecule has 1 heterocycles. The molecule has 0 aliphatic heterocycles. The zero-order valence-electron chi connectivity index (χ0n) is 13.0. The molecule has 22 heavy (non-hydrogen) atoms. The lowest BCUT2D eigenvalue weighted by Gasteiger charge is -2.12. The van der Waals surface area contributed by atoms with Gasteiger partial charge in [-0.3, -0.25) is 4.21 Å². The number of benzene rings is 1. The summed E-state index contributed by atoms with van der Waals surface area (Å²) in [5.41, 5.74) is 3.33. The first-order valence-electron chi connectivity index (χ1n) is 7.24. The molecule has 0 N–H and O–H groups in total. The first-order chi connectivity index (χ1) is 10.4. The van der Waals surface area contributed by atoms with E-state index in [2.05, 4.69) is 41.1 Å². The number of rotatable bonds is 5. The average molecular weight is 398 g/mol. The molecule has 0 amide bonds. The van der Waals surface area contributed by atoms with Gasteiger partial charge in [-0.15, -0.1) is 0 Å². The van der Waals surface area contributed by atoms with Crippen LogP contribution in [0.3, 0.4) is 0 Å². The molecule has 2 aromatic rings. The Morgan fingerprint density at radius 1 is 1.36 bits per heavy atom. The number of aromatic nitrogens is 1. The van der Waals surface area contributed by atoms with Crippen LogP contribution in [0.4, 0.5) is 0 Å². The molecule has 2 unspecified atom stereocenters. The van der Waals surface area contributed by atoms with Gasteiger partial charge in [-0.05, 0) is 17.5 Å². The maximum atomic E-state index is 12.5. The van der Waals surface area contributed by atoms with Crippen LogP contribution in [0.25, 0.3) is 11.1 Å². The Bertz CT molecular complexity index is 753. The van der Waals surface area contributed by atoms with E-state index in [1.807, 2.05) is 37.0 Å². The van der Waals surface area contributed by atoms with Crippen molar-refractivity contribution in [3.05, 3.63) is 46.7 Å². The predicted octanol–water partition coefficient (Wildman–Crippen LogP) is 4.87. The zero-order valence-corrected chi connectivity index (χ0v) is 16.2. The second-order valence-corrected chi connectivity index (χ2v) is 8.81. The number of hydrogen-bond acceptors (Lipinski definition) is 2. The Labute approximate surface area is 148 Å². The Morgan fingerprint density at radius 2 is 2.09 bits per heavy atom. The Kier molecular flexibility index (Phi) is 6.12. The third kappa shape index (κ3) is 4.15. The first-order valence-corrected chi connectivity index (χ1v) is 9.88. The molecule has 0 spiro atoms. The zero-order chi connectivity index (χ0) is 16.3. The summed E-state index contributed by atoms with van der Waals surface area (Å²) in [6.45, 7) is 4.13. The van der Waals surface area contributed by atoms with E-state index in [-0.39, 0.29) is 4.83 Å². The minimum Gasteiger partial charge on any atom is -0.355 e. The average Bonchev–Trinajstić information content (AvgIpc) is 2.48. The van der Waals surface area contributed by atoms with Crippen molar-refractivity contribution in [2.75, 3.05) is 5.75 Å². The molecule has 1 aromatic carbocycles. The Morgan fingerprint density at radius 3 is 2.73 bits per heavy atom. The number of aryl methyl sites for hydroxylation is 2. The minimum absolute atomic E-state index is 0.195. The lowest BCUT2D eigenvalue weighted by atomic mass is 10.0. The van der Waals surface area contributed by atoms with E-state index in [0.717, 1.165) is 22.4 Å². The highest BCUT2D eigenvalue weighted by molar-refractivity contribution is 9.09. The van der Waals surface area contributed by atoms with Crippen molar-refractivity contribution in [3.8, 4) is 11.1 Å². The van der Waals surface area contributed by atoms with Crippen LogP contribution in [0, 0.1) is 4.51 Å². The van der Waals surface area contributed by atoms with E-state index >= 15 is 0 Å². The van der Waals surface area contributed by atoms with Crippen LogP contribution in [0.2, 0.25) is 0 Å². The molecule has 0 aliphatic rings. The maximum Gasteiger partial charge on any atom is 0.0737 e. The van der Waals surface area contributed by atoms with Gasteiger partial charge in [0.15, 0.2) is 0 Å². The van der Waals surface area contributed by atoms with Crippen molar-refractivity contribution >= 4 is 38.9 Å². The fourth-order valence-corrected chi connectivity index (χ4v) is 4.72. The summed E-state index contributed by atoms with van der Waals surface area (Å²) in [4.78, 5) is 0.934. The van der Waals surface area contributed by atoms with E-state index in [4.69, 9.17) is 12.2 Å². The topological polar surface area (TPSA) is 22.0 Å². The summed E-state index contributed by atoms with van der Waals surface area (Å²) in [6.07, 6.45) is 4.87. The highest BCUT2D eigenvalue weighted by atomic mass is 79.9. The second kappa shape index (κ2) is 7.66. The van der Waals surface area contributed by atoms with Gasteiger partial charge in [0.25, 0.3) is 0 Å². The van der Waals surface area contributed by atoms with Gasteiger partial charge in [0, 0.05) is 35.6 Å². The molecule has 0 radical (unpaired) electrons. The van der Waals surface area contributed by atoms with E-state index in [0.29, 0.717) is 10.3 Å². The van der Waals surface area contributed by atoms with Gasteiger partial charge >= 0.3 is 0 Å². The number of pyridine rings is 1. The lowest BCUT2D eigenvalue weighted by molar-refractivity contribution is 0.681. The quantitative estimate of drug-likeness (QED) is 0.529. The molecule has 0 aliphatic carbocycles. The van der Waals surface area contributed by atoms with Crippen molar-refractivity contribution in [1.82, 2.24) is 4.57 Å². The fourth-order valence-electron chi connectivity index (χ4n) is 2.30. The summed E-state index contributed by atoms with van der Waals surface area (Å²) >= 11 is 9.08. The van der Waals surface area contributed by atoms with E-state index in [1.165, 1.54) is 5.56 Å². The number of nitrogens with zero attached hydrogens (tertiary/aromatic N) is 1. The molecule has 0 bridgehead atoms. The van der Waals surface area contributed by atoms with Crippen LogP contribution in [0.15, 0.2) is 41.6 Å². The first kappa shape index (κ1) is 17.6. The standard InChI is InChI=1S/C17H20BrNOS2/c1-4-13-6-5-7-14(8-13)15-9-19(3)10-16(17(15)21)22(20)11-12(2)18/h5-10,12H,4,11H2,1-3H3. The van der Waals surface area contributed by atoms with Crippen molar-refractivity contribution in [2.45, 2.75) is 30.0 Å². The summed E-state index contributed by atoms with van der Waals surface area (Å²) in [5.74, 6) is 0.558. The molecule has 0 saturated heterocycles. The van der Waals surface area contributed by atoms with Gasteiger partial charge in [0.05, 0.1) is 20.2 Å². The van der Waals surface area contributed by atoms with Crippen molar-refractivity contribution in [2.24, 2.45) is 7.05 Å². The molecular weight excluding hydrogens is 378 g/mol. The van der Waals surface area contributed by atoms with Crippen molar-refractivity contribution < 1.29 is 4.21 Å². The smallest absolute Gasteiger partial charge is 0.0737 e. The third-order valence-corrected chi connectivity index (χ3v) is 6.32. The van der Waals surface area contributed by atoms with Crippen LogP contribution in [-0.2, 0) is 24.3 Å². The minimum atomic E-state index is -1.10. The van der Waals surface area contributed by atoms with Crippen LogP contribution >= 0.6 is 28.1 Å². The van der Waals surface area contributed by atoms with Crippen LogP contribution in [-0.4, -0.2) is 19.4 Å². The molecular formula is C17H20BrNOS2. The highest BCUT2D eigenvalue weighted by Crippen LogP contribution is 2.26. The second-order valence-electron chi connectivity index (χ2n) is 5.38. The molecule has 5 heteroatoms. The molecule has 118 valence electrons. The summed E-state index contributed by atoms with van der Waals surface area (Å²) in [6, 6.07) is 8.38. The lowest BCUT2D eigenvalue weighted by Crippen LogP contribution is -2.09. The SMILES string of the molecule is CCc1cccc(-c2cn(C)cc(S(=O)CC(C)Br)c2=S)c1. The van der Waals surface area contributed by atoms with Crippen molar-refractivity contribution in [1.29, 1.82) is 0 Å². The summed E-state index contributed by atoms with van der Waals surface area (Å²) in [5, 5.41) is 0. The fraction of sp³-hybridized carbons (Fsp3) is 0.353. The van der Waals surface area contributed by atoms with E-state index < -0.39 is 10.8 Å². The largest absolute Gasteiger partial charge is 0.355 e. The van der Waals surface area contributed by atoms with Gasteiger partial charge < -0.3 is 4.57 Å². The van der Waals surface area contributed by atoms with Gasteiger partial charge in [0.1, 0.15) is 0 Å². The van der Waals surface area contributed by atoms with Gasteiger partial charge in [-0.1, -0.05) is 66.3 Å². The summed E-state index contributed by atoms with van der Waals surface area (Å²) < 4.78 is 15.2. The Hall–Kier alpha value is -0.780. The molecule has 0 saturated carbocycles. The monoisotopic (exact) mass is 397 g/mol. The number of alkyl halides is 1.